The average molecular weight is 315 g/mol. The molecule has 0 amide bonds. The molecule has 0 aromatic heterocycles. The molecule has 1 unspecified atom stereocenters. The molecule has 1 aromatic carbocycles. The van der Waals surface area contributed by atoms with E-state index in [1.807, 2.05) is 0 Å². The van der Waals surface area contributed by atoms with Crippen molar-refractivity contribution in [2.75, 3.05) is 13.2 Å². The number of halogens is 1. The minimum Gasteiger partial charge on any atom is -0.469 e. The molecule has 0 spiro atoms. The monoisotopic (exact) mass is 314 g/mol. The molecule has 114 valence electrons. The van der Waals surface area contributed by atoms with Gasteiger partial charge in [0.2, 0.25) is 0 Å². The van der Waals surface area contributed by atoms with Crippen molar-refractivity contribution >= 4 is 29.3 Å². The van der Waals surface area contributed by atoms with Crippen LogP contribution >= 0.6 is 11.6 Å². The molecule has 7 heteroatoms. The largest absolute Gasteiger partial charge is 0.469 e. The van der Waals surface area contributed by atoms with Gasteiger partial charge in [-0.3, -0.25) is 4.79 Å². The molecule has 21 heavy (non-hydrogen) atoms. The molecule has 0 saturated heterocycles. The summed E-state index contributed by atoms with van der Waals surface area (Å²) in [5.74, 6) is -3.19. The lowest BCUT2D eigenvalue weighted by Crippen LogP contribution is -2.42. The maximum Gasteiger partial charge on any atom is 0.379 e. The molecule has 0 aliphatic carbocycles. The zero-order valence-electron chi connectivity index (χ0n) is 11.6. The molecule has 0 aliphatic heterocycles. The van der Waals surface area contributed by atoms with Gasteiger partial charge in [-0.25, -0.2) is 9.59 Å². The smallest absolute Gasteiger partial charge is 0.379 e. The Balaban J connectivity index is 2.97. The normalized spacial score (nSPS) is 11.4. The number of esters is 2. The van der Waals surface area contributed by atoms with Crippen LogP contribution in [-0.4, -0.2) is 37.0 Å². The standard InChI is InChI=1S/C14H15ClO6/c1-3-19-13(17)11(16)12(14(18)20-4-2)21-10-8-6-5-7-9(10)15/h5-8,12H,3-4H2,1-2H3. The van der Waals surface area contributed by atoms with Crippen molar-refractivity contribution < 1.29 is 28.6 Å². The summed E-state index contributed by atoms with van der Waals surface area (Å²) in [7, 11) is 0. The van der Waals surface area contributed by atoms with E-state index < -0.39 is 23.8 Å². The summed E-state index contributed by atoms with van der Waals surface area (Å²) in [6, 6.07) is 6.25. The first-order valence-corrected chi connectivity index (χ1v) is 6.67. The van der Waals surface area contributed by atoms with E-state index in [-0.39, 0.29) is 24.0 Å². The summed E-state index contributed by atoms with van der Waals surface area (Å²) in [4.78, 5) is 35.2. The first-order chi connectivity index (χ1) is 10.0. The van der Waals surface area contributed by atoms with Crippen LogP contribution < -0.4 is 4.74 Å². The zero-order chi connectivity index (χ0) is 15.8. The fraction of sp³-hybridized carbons (Fsp3) is 0.357. The van der Waals surface area contributed by atoms with Gasteiger partial charge in [0.1, 0.15) is 5.75 Å². The van der Waals surface area contributed by atoms with Crippen molar-refractivity contribution in [2.45, 2.75) is 20.0 Å². The van der Waals surface area contributed by atoms with Crippen LogP contribution in [0.3, 0.4) is 0 Å². The molecule has 6 nitrogen and oxygen atoms in total. The number of ketones is 1. The van der Waals surface area contributed by atoms with Crippen LogP contribution in [0.15, 0.2) is 24.3 Å². The first-order valence-electron chi connectivity index (χ1n) is 6.30. The fourth-order valence-electron chi connectivity index (χ4n) is 1.40. The van der Waals surface area contributed by atoms with Crippen molar-refractivity contribution in [1.82, 2.24) is 0 Å². The molecular weight excluding hydrogens is 300 g/mol. The van der Waals surface area contributed by atoms with Gasteiger partial charge in [0.05, 0.1) is 18.2 Å². The lowest BCUT2D eigenvalue weighted by Gasteiger charge is -2.16. The van der Waals surface area contributed by atoms with Crippen molar-refractivity contribution in [2.24, 2.45) is 0 Å². The van der Waals surface area contributed by atoms with E-state index in [2.05, 4.69) is 4.74 Å². The highest BCUT2D eigenvalue weighted by molar-refractivity contribution is 6.39. The van der Waals surface area contributed by atoms with Crippen LogP contribution in [0.5, 0.6) is 5.75 Å². The van der Waals surface area contributed by atoms with Gasteiger partial charge in [-0.05, 0) is 26.0 Å². The SMILES string of the molecule is CCOC(=O)C(=O)C(Oc1ccccc1Cl)C(=O)OCC. The molecule has 1 aromatic rings. The molecule has 0 saturated carbocycles. The van der Waals surface area contributed by atoms with E-state index >= 15 is 0 Å². The number of carbonyl (C=O) groups excluding carboxylic acids is 3. The van der Waals surface area contributed by atoms with E-state index in [0.29, 0.717) is 0 Å². The highest BCUT2D eigenvalue weighted by Crippen LogP contribution is 2.24. The van der Waals surface area contributed by atoms with Gasteiger partial charge in [0, 0.05) is 0 Å². The van der Waals surface area contributed by atoms with Crippen LogP contribution in [0.2, 0.25) is 5.02 Å². The van der Waals surface area contributed by atoms with Crippen LogP contribution in [0.4, 0.5) is 0 Å². The van der Waals surface area contributed by atoms with Gasteiger partial charge < -0.3 is 14.2 Å². The number of hydrogen-bond acceptors (Lipinski definition) is 6. The van der Waals surface area contributed by atoms with Crippen LogP contribution in [0, 0.1) is 0 Å². The Hall–Kier alpha value is -2.08. The van der Waals surface area contributed by atoms with Crippen molar-refractivity contribution in [3.05, 3.63) is 29.3 Å². The van der Waals surface area contributed by atoms with E-state index in [4.69, 9.17) is 21.1 Å². The average Bonchev–Trinajstić information content (AvgIpc) is 2.46. The summed E-state index contributed by atoms with van der Waals surface area (Å²) >= 11 is 5.89. The van der Waals surface area contributed by atoms with Gasteiger partial charge in [-0.2, -0.15) is 0 Å². The Bertz CT molecular complexity index is 528. The number of Topliss-reactive ketones (excluding diaryl/α,β-unsaturated/α-hetero) is 1. The van der Waals surface area contributed by atoms with Gasteiger partial charge >= 0.3 is 11.9 Å². The Morgan fingerprint density at radius 1 is 1.10 bits per heavy atom. The Morgan fingerprint density at radius 3 is 2.29 bits per heavy atom. The number of benzene rings is 1. The first kappa shape index (κ1) is 17.0. The Kier molecular flexibility index (Phi) is 6.68. The summed E-state index contributed by atoms with van der Waals surface area (Å²) in [6.45, 7) is 3.16. The Labute approximate surface area is 126 Å². The van der Waals surface area contributed by atoms with Crippen LogP contribution in [-0.2, 0) is 23.9 Å². The Morgan fingerprint density at radius 2 is 1.71 bits per heavy atom. The van der Waals surface area contributed by atoms with Gasteiger partial charge in [-0.15, -0.1) is 0 Å². The van der Waals surface area contributed by atoms with Crippen molar-refractivity contribution in [3.8, 4) is 5.75 Å². The predicted octanol–water partition coefficient (Wildman–Crippen LogP) is 1.78. The third-order valence-electron chi connectivity index (χ3n) is 2.30. The van der Waals surface area contributed by atoms with Crippen LogP contribution in [0.1, 0.15) is 13.8 Å². The maximum absolute atomic E-state index is 11.9. The number of hydrogen-bond donors (Lipinski definition) is 0. The van der Waals surface area contributed by atoms with E-state index in [0.717, 1.165) is 0 Å². The number of ether oxygens (including phenoxy) is 3. The van der Waals surface area contributed by atoms with E-state index in [1.54, 1.807) is 26.0 Å². The summed E-state index contributed by atoms with van der Waals surface area (Å²) in [5, 5.41) is 0.198. The summed E-state index contributed by atoms with van der Waals surface area (Å²) in [6.07, 6.45) is -1.75. The summed E-state index contributed by atoms with van der Waals surface area (Å²) in [5.41, 5.74) is 0. The minimum atomic E-state index is -1.75. The molecule has 0 fully saturated rings. The summed E-state index contributed by atoms with van der Waals surface area (Å²) < 4.78 is 14.5. The van der Waals surface area contributed by atoms with Gasteiger partial charge in [0.15, 0.2) is 0 Å². The molecule has 0 radical (unpaired) electrons. The quantitative estimate of drug-likeness (QED) is 0.433. The number of rotatable bonds is 7. The lowest BCUT2D eigenvalue weighted by molar-refractivity contribution is -0.164. The molecule has 0 N–H and O–H groups in total. The van der Waals surface area contributed by atoms with Gasteiger partial charge in [0.25, 0.3) is 11.9 Å². The molecule has 0 heterocycles. The predicted molar refractivity (Wildman–Crippen MR) is 74.1 cm³/mol. The minimum absolute atomic E-state index is 0.00616. The van der Waals surface area contributed by atoms with Crippen molar-refractivity contribution in [1.29, 1.82) is 0 Å². The van der Waals surface area contributed by atoms with Crippen LogP contribution in [0.25, 0.3) is 0 Å². The zero-order valence-corrected chi connectivity index (χ0v) is 12.4. The van der Waals surface area contributed by atoms with E-state index in [1.165, 1.54) is 12.1 Å². The number of carbonyl (C=O) groups is 3. The van der Waals surface area contributed by atoms with Gasteiger partial charge in [-0.1, -0.05) is 23.7 Å². The second-order valence-electron chi connectivity index (χ2n) is 3.77. The third-order valence-corrected chi connectivity index (χ3v) is 2.61. The van der Waals surface area contributed by atoms with Crippen molar-refractivity contribution in [3.63, 3.8) is 0 Å². The number of para-hydroxylation sites is 1. The van der Waals surface area contributed by atoms with E-state index in [9.17, 15) is 14.4 Å². The second-order valence-corrected chi connectivity index (χ2v) is 4.17. The molecule has 0 bridgehead atoms. The topological polar surface area (TPSA) is 78.9 Å². The molecule has 1 atom stereocenters. The lowest BCUT2D eigenvalue weighted by atomic mass is 10.2. The molecular formula is C14H15ClO6. The fourth-order valence-corrected chi connectivity index (χ4v) is 1.58. The maximum atomic E-state index is 11.9. The highest BCUT2D eigenvalue weighted by atomic mass is 35.5. The molecule has 0 aliphatic rings. The highest BCUT2D eigenvalue weighted by Gasteiger charge is 2.36. The second kappa shape index (κ2) is 8.26. The molecule has 1 rings (SSSR count). The third kappa shape index (κ3) is 4.75.